The van der Waals surface area contributed by atoms with Crippen LogP contribution >= 0.6 is 15.9 Å². The molecule has 0 spiro atoms. The highest BCUT2D eigenvalue weighted by Gasteiger charge is 2.06. The Hall–Kier alpha value is -1.63. The van der Waals surface area contributed by atoms with Crippen LogP contribution in [0.4, 0.5) is 4.39 Å². The number of nitrogens with one attached hydrogen (secondary N) is 1. The topological polar surface area (TPSA) is 81.4 Å². The van der Waals surface area contributed by atoms with E-state index in [9.17, 15) is 14.0 Å². The summed E-state index contributed by atoms with van der Waals surface area (Å²) in [5.41, 5.74) is 4.96. The normalized spacial score (nSPS) is 10.0. The number of primary amides is 1. The number of ether oxygens (including phenoxy) is 1. The average molecular weight is 333 g/mol. The smallest absolute Gasteiger partial charge is 0.257 e. The van der Waals surface area contributed by atoms with E-state index in [0.717, 1.165) is 0 Å². The van der Waals surface area contributed by atoms with E-state index in [0.29, 0.717) is 23.2 Å². The SMILES string of the molecule is NC(=O)CCCNC(=O)COc1ccc(F)cc1Br. The summed E-state index contributed by atoms with van der Waals surface area (Å²) in [6.45, 7) is 0.177. The van der Waals surface area contributed by atoms with Crippen molar-refractivity contribution in [1.29, 1.82) is 0 Å². The Morgan fingerprint density at radius 2 is 2.16 bits per heavy atom. The molecule has 104 valence electrons. The molecule has 0 radical (unpaired) electrons. The van der Waals surface area contributed by atoms with Crippen LogP contribution in [-0.4, -0.2) is 25.0 Å². The molecule has 0 saturated carbocycles. The van der Waals surface area contributed by atoms with Crippen molar-refractivity contribution in [2.75, 3.05) is 13.2 Å². The van der Waals surface area contributed by atoms with E-state index < -0.39 is 11.7 Å². The Balaban J connectivity index is 2.28. The van der Waals surface area contributed by atoms with Gasteiger partial charge >= 0.3 is 0 Å². The van der Waals surface area contributed by atoms with Crippen molar-refractivity contribution in [2.24, 2.45) is 5.73 Å². The summed E-state index contributed by atoms with van der Waals surface area (Å²) in [6.07, 6.45) is 0.714. The fraction of sp³-hybridized carbons (Fsp3) is 0.333. The number of carbonyl (C=O) groups excluding carboxylic acids is 2. The highest BCUT2D eigenvalue weighted by molar-refractivity contribution is 9.10. The van der Waals surface area contributed by atoms with Gasteiger partial charge in [-0.15, -0.1) is 0 Å². The summed E-state index contributed by atoms with van der Waals surface area (Å²) in [5.74, 6) is -0.731. The number of benzene rings is 1. The van der Waals surface area contributed by atoms with E-state index in [-0.39, 0.29) is 18.9 Å². The van der Waals surface area contributed by atoms with E-state index in [4.69, 9.17) is 10.5 Å². The summed E-state index contributed by atoms with van der Waals surface area (Å²) in [4.78, 5) is 21.9. The van der Waals surface area contributed by atoms with Gasteiger partial charge in [0.05, 0.1) is 4.47 Å². The van der Waals surface area contributed by atoms with Gasteiger partial charge in [-0.25, -0.2) is 4.39 Å². The van der Waals surface area contributed by atoms with Crippen LogP contribution in [-0.2, 0) is 9.59 Å². The van der Waals surface area contributed by atoms with Gasteiger partial charge in [0, 0.05) is 13.0 Å². The molecule has 0 atom stereocenters. The maximum Gasteiger partial charge on any atom is 0.257 e. The third kappa shape index (κ3) is 6.19. The second-order valence-corrected chi connectivity index (χ2v) is 4.64. The molecule has 0 unspecified atom stereocenters. The molecule has 0 aliphatic heterocycles. The number of halogens is 2. The standard InChI is InChI=1S/C12H14BrFN2O3/c13-9-6-8(14)3-4-10(9)19-7-12(18)16-5-1-2-11(15)17/h3-4,6H,1-2,5,7H2,(H2,15,17)(H,16,18). The van der Waals surface area contributed by atoms with Crippen molar-refractivity contribution in [1.82, 2.24) is 5.32 Å². The number of hydrogen-bond acceptors (Lipinski definition) is 3. The molecule has 3 N–H and O–H groups in total. The molecule has 1 aromatic rings. The zero-order valence-electron chi connectivity index (χ0n) is 10.1. The third-order valence-corrected chi connectivity index (χ3v) is 2.79. The molecule has 1 aromatic carbocycles. The van der Waals surface area contributed by atoms with Gasteiger partial charge in [0.1, 0.15) is 11.6 Å². The molecule has 0 bridgehead atoms. The van der Waals surface area contributed by atoms with Crippen LogP contribution in [0, 0.1) is 5.82 Å². The highest BCUT2D eigenvalue weighted by Crippen LogP contribution is 2.25. The Kier molecular flexibility index (Phi) is 6.27. The summed E-state index contributed by atoms with van der Waals surface area (Å²) in [6, 6.07) is 3.92. The van der Waals surface area contributed by atoms with E-state index in [2.05, 4.69) is 21.2 Å². The Labute approximate surface area is 118 Å². The molecule has 0 saturated heterocycles. The van der Waals surface area contributed by atoms with Gasteiger partial charge < -0.3 is 15.8 Å². The van der Waals surface area contributed by atoms with Crippen LogP contribution in [0.3, 0.4) is 0 Å². The van der Waals surface area contributed by atoms with Gasteiger partial charge in [0.2, 0.25) is 5.91 Å². The minimum atomic E-state index is -0.402. The first-order chi connectivity index (χ1) is 8.99. The molecule has 0 aliphatic carbocycles. The highest BCUT2D eigenvalue weighted by atomic mass is 79.9. The van der Waals surface area contributed by atoms with Crippen molar-refractivity contribution in [3.63, 3.8) is 0 Å². The third-order valence-electron chi connectivity index (χ3n) is 2.17. The van der Waals surface area contributed by atoms with Gasteiger partial charge in [-0.05, 0) is 40.5 Å². The van der Waals surface area contributed by atoms with E-state index in [1.165, 1.54) is 18.2 Å². The molecule has 19 heavy (non-hydrogen) atoms. The van der Waals surface area contributed by atoms with E-state index in [1.54, 1.807) is 0 Å². The minimum absolute atomic E-state index is 0.180. The minimum Gasteiger partial charge on any atom is -0.483 e. The molecule has 0 fully saturated rings. The second-order valence-electron chi connectivity index (χ2n) is 3.78. The molecule has 2 amide bonds. The quantitative estimate of drug-likeness (QED) is 0.739. The molecule has 0 aliphatic rings. The molecule has 7 heteroatoms. The Morgan fingerprint density at radius 1 is 1.42 bits per heavy atom. The lowest BCUT2D eigenvalue weighted by molar-refractivity contribution is -0.123. The average Bonchev–Trinajstić information content (AvgIpc) is 2.33. The largest absolute Gasteiger partial charge is 0.483 e. The van der Waals surface area contributed by atoms with Crippen LogP contribution in [0.25, 0.3) is 0 Å². The number of amides is 2. The predicted octanol–water partition coefficient (Wildman–Crippen LogP) is 1.35. The first-order valence-corrected chi connectivity index (χ1v) is 6.41. The molecule has 0 aromatic heterocycles. The van der Waals surface area contributed by atoms with Gasteiger partial charge in [0.25, 0.3) is 5.91 Å². The molecular weight excluding hydrogens is 319 g/mol. The monoisotopic (exact) mass is 332 g/mol. The lowest BCUT2D eigenvalue weighted by Crippen LogP contribution is -2.30. The zero-order valence-corrected chi connectivity index (χ0v) is 11.7. The number of hydrogen-bond donors (Lipinski definition) is 2. The second kappa shape index (κ2) is 7.73. The van der Waals surface area contributed by atoms with Crippen molar-refractivity contribution in [3.8, 4) is 5.75 Å². The zero-order chi connectivity index (χ0) is 14.3. The number of nitrogens with two attached hydrogens (primary N) is 1. The fourth-order valence-corrected chi connectivity index (χ4v) is 1.74. The molecule has 5 nitrogen and oxygen atoms in total. The van der Waals surface area contributed by atoms with Gasteiger partial charge in [-0.1, -0.05) is 0 Å². The van der Waals surface area contributed by atoms with Crippen LogP contribution in [0.15, 0.2) is 22.7 Å². The number of carbonyl (C=O) groups is 2. The summed E-state index contributed by atoms with van der Waals surface area (Å²) in [7, 11) is 0. The van der Waals surface area contributed by atoms with Crippen molar-refractivity contribution in [3.05, 3.63) is 28.5 Å². The van der Waals surface area contributed by atoms with Crippen molar-refractivity contribution < 1.29 is 18.7 Å². The summed E-state index contributed by atoms with van der Waals surface area (Å²) >= 11 is 3.13. The lowest BCUT2D eigenvalue weighted by atomic mass is 10.3. The van der Waals surface area contributed by atoms with Gasteiger partial charge in [-0.3, -0.25) is 9.59 Å². The molecule has 0 heterocycles. The first-order valence-electron chi connectivity index (χ1n) is 5.62. The van der Waals surface area contributed by atoms with Crippen molar-refractivity contribution in [2.45, 2.75) is 12.8 Å². The Bertz CT molecular complexity index is 468. The van der Waals surface area contributed by atoms with Crippen molar-refractivity contribution >= 4 is 27.7 Å². The van der Waals surface area contributed by atoms with Crippen LogP contribution in [0.1, 0.15) is 12.8 Å². The van der Waals surface area contributed by atoms with Crippen LogP contribution in [0.2, 0.25) is 0 Å². The molecule has 1 rings (SSSR count). The van der Waals surface area contributed by atoms with E-state index >= 15 is 0 Å². The number of rotatable bonds is 7. The first kappa shape index (κ1) is 15.4. The Morgan fingerprint density at radius 3 is 2.79 bits per heavy atom. The summed E-state index contributed by atoms with van der Waals surface area (Å²) < 4.78 is 18.5. The predicted molar refractivity (Wildman–Crippen MR) is 71.0 cm³/mol. The van der Waals surface area contributed by atoms with Crippen LogP contribution in [0.5, 0.6) is 5.75 Å². The summed E-state index contributed by atoms with van der Waals surface area (Å²) in [5, 5.41) is 2.58. The van der Waals surface area contributed by atoms with Crippen LogP contribution < -0.4 is 15.8 Å². The lowest BCUT2D eigenvalue weighted by Gasteiger charge is -2.08. The maximum atomic E-state index is 12.8. The van der Waals surface area contributed by atoms with Gasteiger partial charge in [0.15, 0.2) is 6.61 Å². The molecular formula is C12H14BrFN2O3. The fourth-order valence-electron chi connectivity index (χ4n) is 1.28. The van der Waals surface area contributed by atoms with Gasteiger partial charge in [-0.2, -0.15) is 0 Å². The van der Waals surface area contributed by atoms with E-state index in [1.807, 2.05) is 0 Å². The maximum absolute atomic E-state index is 12.8.